The van der Waals surface area contributed by atoms with E-state index in [-0.39, 0.29) is 18.8 Å². The van der Waals surface area contributed by atoms with Gasteiger partial charge in [0.25, 0.3) is 0 Å². The van der Waals surface area contributed by atoms with Crippen LogP contribution in [0.5, 0.6) is 0 Å². The van der Waals surface area contributed by atoms with Gasteiger partial charge in [0.2, 0.25) is 0 Å². The molecular weight excluding hydrogens is 248 g/mol. The van der Waals surface area contributed by atoms with Crippen LogP contribution in [0.15, 0.2) is 0 Å². The molecule has 0 aliphatic carbocycles. The van der Waals surface area contributed by atoms with Gasteiger partial charge in [0.05, 0.1) is 25.6 Å². The maximum Gasteiger partial charge on any atom is 0.321 e. The number of carbonyl (C=O) groups excluding carboxylic acids is 1. The first-order valence-corrected chi connectivity index (χ1v) is 7.45. The van der Waals surface area contributed by atoms with Crippen molar-refractivity contribution in [1.29, 1.82) is 0 Å². The Morgan fingerprint density at radius 1 is 1.35 bits per heavy atom. The number of rotatable bonds is 6. The van der Waals surface area contributed by atoms with Gasteiger partial charge in [-0.15, -0.1) is 0 Å². The van der Waals surface area contributed by atoms with Crippen molar-refractivity contribution in [2.24, 2.45) is 0 Å². The molecule has 1 heterocycles. The molecule has 0 aromatic rings. The van der Waals surface area contributed by atoms with Crippen LogP contribution in [0.25, 0.3) is 0 Å². The van der Waals surface area contributed by atoms with E-state index in [1.165, 1.54) is 0 Å². The summed E-state index contributed by atoms with van der Waals surface area (Å²) < 4.78 is 38.1. The Kier molecular flexibility index (Phi) is 5.87. The van der Waals surface area contributed by atoms with Gasteiger partial charge >= 0.3 is 5.97 Å². The van der Waals surface area contributed by atoms with Crippen LogP contribution < -0.4 is 0 Å². The molecule has 1 rings (SSSR count). The van der Waals surface area contributed by atoms with Gasteiger partial charge in [-0.2, -0.15) is 0 Å². The lowest BCUT2D eigenvalue weighted by Crippen LogP contribution is -2.29. The molecule has 0 amide bonds. The minimum atomic E-state index is -3.44. The minimum Gasteiger partial charge on any atom is -0.465 e. The van der Waals surface area contributed by atoms with Gasteiger partial charge in [-0.25, -0.2) is 8.42 Å². The summed E-state index contributed by atoms with van der Waals surface area (Å²) in [6.45, 7) is 2.99. The third kappa shape index (κ3) is 5.99. The van der Waals surface area contributed by atoms with Crippen LogP contribution in [0.4, 0.5) is 0 Å². The molecule has 17 heavy (non-hydrogen) atoms. The maximum absolute atomic E-state index is 11.5. The molecule has 7 heteroatoms. The number of hydrogen-bond acceptors (Lipinski definition) is 6. The maximum atomic E-state index is 11.5. The minimum absolute atomic E-state index is 0.128. The Morgan fingerprint density at radius 3 is 2.59 bits per heavy atom. The molecule has 1 fully saturated rings. The predicted molar refractivity (Wildman–Crippen MR) is 60.2 cm³/mol. The first-order valence-electron chi connectivity index (χ1n) is 5.63. The fourth-order valence-electron chi connectivity index (χ4n) is 1.43. The average Bonchev–Trinajstić information content (AvgIpc) is 2.27. The molecule has 0 atom stereocenters. The van der Waals surface area contributed by atoms with Crippen LogP contribution in [0.3, 0.4) is 0 Å². The SMILES string of the molecule is CCOC(=O)CS(=O)(=O)CCC1OCCCO1. The highest BCUT2D eigenvalue weighted by Crippen LogP contribution is 2.10. The van der Waals surface area contributed by atoms with E-state index < -0.39 is 27.8 Å². The van der Waals surface area contributed by atoms with Crippen molar-refractivity contribution >= 4 is 15.8 Å². The van der Waals surface area contributed by atoms with Crippen LogP contribution in [0.1, 0.15) is 19.8 Å². The normalized spacial score (nSPS) is 17.9. The Morgan fingerprint density at radius 2 is 2.00 bits per heavy atom. The highest BCUT2D eigenvalue weighted by molar-refractivity contribution is 7.92. The smallest absolute Gasteiger partial charge is 0.321 e. The van der Waals surface area contributed by atoms with Gasteiger partial charge in [-0.3, -0.25) is 4.79 Å². The van der Waals surface area contributed by atoms with Gasteiger partial charge in [0, 0.05) is 6.42 Å². The topological polar surface area (TPSA) is 78.9 Å². The van der Waals surface area contributed by atoms with E-state index in [1.54, 1.807) is 6.92 Å². The van der Waals surface area contributed by atoms with E-state index in [4.69, 9.17) is 9.47 Å². The van der Waals surface area contributed by atoms with Crippen molar-refractivity contribution in [1.82, 2.24) is 0 Å². The van der Waals surface area contributed by atoms with Crippen LogP contribution in [-0.4, -0.2) is 52.0 Å². The van der Waals surface area contributed by atoms with Crippen LogP contribution in [0, 0.1) is 0 Å². The summed E-state index contributed by atoms with van der Waals surface area (Å²) in [5.41, 5.74) is 0. The van der Waals surface area contributed by atoms with E-state index in [0.29, 0.717) is 13.2 Å². The first kappa shape index (κ1) is 14.4. The Hall–Kier alpha value is -0.660. The Bertz CT molecular complexity index is 331. The highest BCUT2D eigenvalue weighted by Gasteiger charge is 2.21. The van der Waals surface area contributed by atoms with E-state index in [9.17, 15) is 13.2 Å². The Labute approximate surface area is 101 Å². The summed E-state index contributed by atoms with van der Waals surface area (Å²) >= 11 is 0. The van der Waals surface area contributed by atoms with E-state index in [2.05, 4.69) is 4.74 Å². The fraction of sp³-hybridized carbons (Fsp3) is 0.900. The molecule has 0 aromatic carbocycles. The van der Waals surface area contributed by atoms with Gasteiger partial charge in [-0.1, -0.05) is 0 Å². The molecule has 6 nitrogen and oxygen atoms in total. The van der Waals surface area contributed by atoms with Crippen molar-refractivity contribution in [3.8, 4) is 0 Å². The molecule has 0 saturated carbocycles. The number of ether oxygens (including phenoxy) is 3. The second-order valence-electron chi connectivity index (χ2n) is 3.71. The molecule has 0 aromatic heterocycles. The summed E-state index contributed by atoms with van der Waals surface area (Å²) in [6.07, 6.45) is 0.606. The summed E-state index contributed by atoms with van der Waals surface area (Å²) in [5, 5.41) is 0. The summed E-state index contributed by atoms with van der Waals surface area (Å²) in [5.74, 6) is -1.41. The Balaban J connectivity index is 2.30. The van der Waals surface area contributed by atoms with Crippen molar-refractivity contribution in [2.45, 2.75) is 26.1 Å². The molecule has 1 saturated heterocycles. The summed E-state index contributed by atoms with van der Waals surface area (Å²) in [6, 6.07) is 0. The molecule has 1 aliphatic heterocycles. The first-order chi connectivity index (χ1) is 8.03. The van der Waals surface area contributed by atoms with Gasteiger partial charge in [-0.05, 0) is 13.3 Å². The largest absolute Gasteiger partial charge is 0.465 e. The molecule has 0 bridgehead atoms. The number of esters is 1. The van der Waals surface area contributed by atoms with E-state index in [0.717, 1.165) is 6.42 Å². The predicted octanol–water partition coefficient (Wildman–Crippen LogP) is 0.117. The van der Waals surface area contributed by atoms with Crippen molar-refractivity contribution in [3.63, 3.8) is 0 Å². The summed E-state index contributed by atoms with van der Waals surface area (Å²) in [4.78, 5) is 11.0. The fourth-order valence-corrected chi connectivity index (χ4v) is 2.57. The van der Waals surface area contributed by atoms with E-state index >= 15 is 0 Å². The molecule has 0 unspecified atom stereocenters. The van der Waals surface area contributed by atoms with Crippen LogP contribution >= 0.6 is 0 Å². The second kappa shape index (κ2) is 6.93. The number of carbonyl (C=O) groups is 1. The van der Waals surface area contributed by atoms with E-state index in [1.807, 2.05) is 0 Å². The lowest BCUT2D eigenvalue weighted by atomic mass is 10.4. The second-order valence-corrected chi connectivity index (χ2v) is 5.89. The third-order valence-corrected chi connectivity index (χ3v) is 3.74. The average molecular weight is 266 g/mol. The van der Waals surface area contributed by atoms with Crippen molar-refractivity contribution < 1.29 is 27.4 Å². The standard InChI is InChI=1S/C10H18O6S/c1-2-14-9(11)8-17(12,13)7-4-10-15-5-3-6-16-10/h10H,2-8H2,1H3. The number of sulfone groups is 1. The lowest BCUT2D eigenvalue weighted by Gasteiger charge is -2.22. The molecule has 100 valence electrons. The van der Waals surface area contributed by atoms with Crippen LogP contribution in [0.2, 0.25) is 0 Å². The highest BCUT2D eigenvalue weighted by atomic mass is 32.2. The van der Waals surface area contributed by atoms with Crippen molar-refractivity contribution in [3.05, 3.63) is 0 Å². The lowest BCUT2D eigenvalue weighted by molar-refractivity contribution is -0.178. The molecule has 0 spiro atoms. The monoisotopic (exact) mass is 266 g/mol. The zero-order valence-electron chi connectivity index (χ0n) is 9.88. The van der Waals surface area contributed by atoms with Crippen LogP contribution in [-0.2, 0) is 28.8 Å². The molecule has 1 aliphatic rings. The zero-order chi connectivity index (χ0) is 12.7. The van der Waals surface area contributed by atoms with Gasteiger partial charge in [0.15, 0.2) is 16.1 Å². The zero-order valence-corrected chi connectivity index (χ0v) is 10.7. The molecule has 0 radical (unpaired) electrons. The van der Waals surface area contributed by atoms with Gasteiger partial charge in [0.1, 0.15) is 5.75 Å². The third-order valence-electron chi connectivity index (χ3n) is 2.20. The molecular formula is C10H18O6S. The number of hydrogen-bond donors (Lipinski definition) is 0. The van der Waals surface area contributed by atoms with Gasteiger partial charge < -0.3 is 14.2 Å². The summed E-state index contributed by atoms with van der Waals surface area (Å²) in [7, 11) is -3.44. The quantitative estimate of drug-likeness (QED) is 0.635. The van der Waals surface area contributed by atoms with Crippen molar-refractivity contribution in [2.75, 3.05) is 31.3 Å². The molecule has 0 N–H and O–H groups in total.